The van der Waals surface area contributed by atoms with Gasteiger partial charge in [0.1, 0.15) is 0 Å². The van der Waals surface area contributed by atoms with E-state index in [9.17, 15) is 0 Å². The monoisotopic (exact) mass is 788 g/mol. The molecule has 4 aromatic carbocycles. The second kappa shape index (κ2) is 11.8. The zero-order valence-corrected chi connectivity index (χ0v) is 34.4. The third-order valence-electron chi connectivity index (χ3n) is 11.3. The third-order valence-corrected chi connectivity index (χ3v) is 28.9. The Hall–Kier alpha value is -2.55. The van der Waals surface area contributed by atoms with Crippen LogP contribution in [0.5, 0.6) is 0 Å². The number of allylic oxidation sites excluding steroid dienone is 2. The van der Waals surface area contributed by atoms with Gasteiger partial charge in [-0.1, -0.05) is 20.8 Å². The van der Waals surface area contributed by atoms with Gasteiger partial charge in [-0.15, -0.1) is 0 Å². The van der Waals surface area contributed by atoms with Crippen LogP contribution in [0, 0.1) is 0 Å². The Bertz CT molecular complexity index is 1840. The van der Waals surface area contributed by atoms with Crippen molar-refractivity contribution in [3.63, 3.8) is 0 Å². The van der Waals surface area contributed by atoms with E-state index in [1.54, 1.807) is 16.3 Å². The second-order valence-corrected chi connectivity index (χ2v) is 37.3. The number of benzene rings is 4. The van der Waals surface area contributed by atoms with Crippen molar-refractivity contribution >= 4 is 21.7 Å². The molecule has 0 amide bonds. The molecule has 2 atom stereocenters. The molecule has 1 saturated heterocycles. The molecule has 2 unspecified atom stereocenters. The maximum absolute atomic E-state index is 2.77. The van der Waals surface area contributed by atoms with Crippen LogP contribution in [-0.2, 0) is 30.8 Å². The maximum atomic E-state index is 2.77. The van der Waals surface area contributed by atoms with Crippen molar-refractivity contribution in [1.29, 1.82) is 0 Å². The van der Waals surface area contributed by atoms with Crippen LogP contribution < -0.4 is 0 Å². The molecule has 2 aliphatic carbocycles. The third kappa shape index (κ3) is 5.87. The number of hydrogen-bond acceptors (Lipinski definition) is 0. The Kier molecular flexibility index (Phi) is 8.25. The van der Waals surface area contributed by atoms with Gasteiger partial charge in [0.2, 0.25) is 0 Å². The molecule has 7 rings (SSSR count). The number of hydrogen-bond donors (Lipinski definition) is 0. The van der Waals surface area contributed by atoms with Crippen molar-refractivity contribution in [1.82, 2.24) is 0 Å². The quantitative estimate of drug-likeness (QED) is 0.178. The Morgan fingerprint density at radius 3 is 1.63 bits per heavy atom. The van der Waals surface area contributed by atoms with Gasteiger partial charge >= 0.3 is 267 Å². The average molecular weight is 787 g/mol. The summed E-state index contributed by atoms with van der Waals surface area (Å²) in [5.74, 6) is 0.600. The van der Waals surface area contributed by atoms with E-state index in [0.717, 1.165) is 3.67 Å². The van der Waals surface area contributed by atoms with Crippen LogP contribution in [0.4, 0.5) is 0 Å². The van der Waals surface area contributed by atoms with Crippen LogP contribution in [0.1, 0.15) is 104 Å². The number of fused-ring (bicyclic) bond motifs is 6. The van der Waals surface area contributed by atoms with Crippen LogP contribution in [0.15, 0.2) is 95.3 Å². The summed E-state index contributed by atoms with van der Waals surface area (Å²) in [6.45, 7) is 13.8. The fraction of sp³-hybridized carbons (Fsp3) is 0.364. The molecule has 0 N–H and O–H groups in total. The molecule has 2 heteroatoms. The molecule has 0 bridgehead atoms. The predicted molar refractivity (Wildman–Crippen MR) is 202 cm³/mol. The van der Waals surface area contributed by atoms with Crippen molar-refractivity contribution in [3.05, 3.63) is 129 Å². The first-order chi connectivity index (χ1) is 21.8. The molecule has 0 radical (unpaired) electrons. The predicted octanol–water partition coefficient (Wildman–Crippen LogP) is 12.2. The van der Waals surface area contributed by atoms with Crippen molar-refractivity contribution in [2.75, 3.05) is 0 Å². The molecule has 4 aromatic rings. The fourth-order valence-electron chi connectivity index (χ4n) is 8.70. The molecule has 236 valence electrons. The van der Waals surface area contributed by atoms with Gasteiger partial charge in [0.05, 0.1) is 0 Å². The van der Waals surface area contributed by atoms with E-state index in [-0.39, 0.29) is 10.8 Å². The van der Waals surface area contributed by atoms with Gasteiger partial charge in [0.25, 0.3) is 0 Å². The van der Waals surface area contributed by atoms with E-state index in [1.807, 2.05) is 5.20 Å². The fourth-order valence-corrected chi connectivity index (χ4v) is 29.5. The average Bonchev–Trinajstić information content (AvgIpc) is 3.56. The van der Waals surface area contributed by atoms with E-state index in [4.69, 9.17) is 0 Å². The van der Waals surface area contributed by atoms with E-state index in [1.165, 1.54) is 67.9 Å². The van der Waals surface area contributed by atoms with Gasteiger partial charge in [0, 0.05) is 0 Å². The van der Waals surface area contributed by atoms with Gasteiger partial charge in [-0.05, 0) is 0 Å². The molecule has 0 nitrogen and oxygen atoms in total. The molecule has 3 aliphatic rings. The van der Waals surface area contributed by atoms with Crippen molar-refractivity contribution in [2.24, 2.45) is 0 Å². The van der Waals surface area contributed by atoms with Crippen molar-refractivity contribution in [2.45, 2.75) is 94.8 Å². The van der Waals surface area contributed by atoms with Crippen LogP contribution in [-0.4, -0.2) is 9.52 Å². The molecule has 1 fully saturated rings. The van der Waals surface area contributed by atoms with Gasteiger partial charge < -0.3 is 0 Å². The standard InChI is InChI=1S/C42H46Si.2CH3.Hf/c1-8-9-13-37-36-16-11-15-35(29-19-23-32(24-20-29)42(5,6)7)39(36)27-40(37)43-33-25-30-12-10-14-34(38(30)26-33)28-17-21-31(22-18-28)41(2,3)4;;;/h10-12,14-27,37H,1,8-9,13,43H2,2-7H3;2*1H3;. The Morgan fingerprint density at radius 2 is 1.09 bits per heavy atom. The minimum absolute atomic E-state index is 0.172. The summed E-state index contributed by atoms with van der Waals surface area (Å²) in [5.41, 5.74) is 15.0. The van der Waals surface area contributed by atoms with E-state index in [0.29, 0.717) is 5.92 Å². The molecule has 1 aliphatic heterocycles. The van der Waals surface area contributed by atoms with E-state index in [2.05, 4.69) is 148 Å². The first-order valence-electron chi connectivity index (χ1n) is 17.7. The van der Waals surface area contributed by atoms with E-state index >= 15 is 0 Å². The Labute approximate surface area is 285 Å². The Balaban J connectivity index is 1.29. The molecule has 0 aromatic heterocycles. The normalized spacial score (nSPS) is 21.1. The van der Waals surface area contributed by atoms with Crippen LogP contribution in [0.2, 0.25) is 13.5 Å². The zero-order valence-electron chi connectivity index (χ0n) is 29.4. The van der Waals surface area contributed by atoms with Crippen LogP contribution >= 0.6 is 0 Å². The van der Waals surface area contributed by atoms with Gasteiger partial charge in [0.15, 0.2) is 0 Å². The first kappa shape index (κ1) is 32.0. The van der Waals surface area contributed by atoms with Crippen LogP contribution in [0.25, 0.3) is 34.4 Å². The summed E-state index contributed by atoms with van der Waals surface area (Å²) in [6.07, 6.45) is 9.48. The van der Waals surface area contributed by atoms with Crippen molar-refractivity contribution in [3.8, 4) is 22.3 Å². The zero-order chi connectivity index (χ0) is 32.4. The molecule has 0 saturated carbocycles. The summed E-state index contributed by atoms with van der Waals surface area (Å²) in [4.78, 5) is 0. The van der Waals surface area contributed by atoms with Gasteiger partial charge in [-0.2, -0.15) is 0 Å². The molecular formula is C44H52HfSi. The topological polar surface area (TPSA) is 0 Å². The minimum atomic E-state index is -2.61. The Morgan fingerprint density at radius 1 is 0.587 bits per heavy atom. The summed E-state index contributed by atoms with van der Waals surface area (Å²) >= 11 is -2.61. The first-order valence-corrected chi connectivity index (χ1v) is 30.9. The summed E-state index contributed by atoms with van der Waals surface area (Å²) in [6, 6.07) is 33.3. The van der Waals surface area contributed by atoms with Gasteiger partial charge in [-0.3, -0.25) is 0 Å². The molecule has 1 heterocycles. The molecular weight excluding hydrogens is 735 g/mol. The van der Waals surface area contributed by atoms with Crippen molar-refractivity contribution < 1.29 is 20.0 Å². The van der Waals surface area contributed by atoms with E-state index < -0.39 is 29.5 Å². The molecule has 0 spiro atoms. The summed E-state index contributed by atoms with van der Waals surface area (Å²) in [5, 5.41) is 3.64. The van der Waals surface area contributed by atoms with Crippen LogP contribution in [0.3, 0.4) is 0 Å². The van der Waals surface area contributed by atoms with Gasteiger partial charge in [-0.25, -0.2) is 0 Å². The summed E-state index contributed by atoms with van der Waals surface area (Å²) in [7, 11) is -0.589. The summed E-state index contributed by atoms with van der Waals surface area (Å²) < 4.78 is 7.79. The SMILES string of the molecule is CC(C)(C)c1ccc(-c2cccc3c2C=C2[SiH2]C4=Cc5c(-c6ccc(C(C)(C)C)cc6)cccc5[CH]4[Hf]([CH3])([CH3])[CH2]CCCC23)cc1. The molecule has 46 heavy (non-hydrogen) atoms. The second-order valence-electron chi connectivity index (χ2n) is 17.1. The number of rotatable bonds is 2.